The first-order valence-corrected chi connectivity index (χ1v) is 8.72. The lowest BCUT2D eigenvalue weighted by Crippen LogP contribution is -2.37. The lowest BCUT2D eigenvalue weighted by Gasteiger charge is -2.28. The molecule has 3 atom stereocenters. The Bertz CT molecular complexity index is 886. The number of hydrazine groups is 1. The summed E-state index contributed by atoms with van der Waals surface area (Å²) < 4.78 is 1.92. The first kappa shape index (κ1) is 14.0. The molecule has 0 bridgehead atoms. The number of aryl methyl sites for hydroxylation is 1. The monoisotopic (exact) mass is 319 g/mol. The van der Waals surface area contributed by atoms with Gasteiger partial charge in [0.25, 0.3) is 0 Å². The molecule has 4 heterocycles. The van der Waals surface area contributed by atoms with Crippen molar-refractivity contribution in [2.24, 2.45) is 5.92 Å². The highest BCUT2D eigenvalue weighted by Gasteiger charge is 2.45. The molecule has 5 heteroatoms. The van der Waals surface area contributed by atoms with Gasteiger partial charge in [-0.25, -0.2) is 14.9 Å². The van der Waals surface area contributed by atoms with E-state index in [0.717, 1.165) is 17.0 Å². The van der Waals surface area contributed by atoms with E-state index in [2.05, 4.69) is 52.1 Å². The Hall–Kier alpha value is -2.40. The van der Waals surface area contributed by atoms with E-state index < -0.39 is 0 Å². The summed E-state index contributed by atoms with van der Waals surface area (Å²) in [6.45, 7) is 2.05. The number of hydrogen-bond acceptors (Lipinski definition) is 4. The predicted octanol–water partition coefficient (Wildman–Crippen LogP) is 3.27. The molecule has 1 saturated carbocycles. The smallest absolute Gasteiger partial charge is 0.143 e. The third-order valence-electron chi connectivity index (χ3n) is 5.44. The van der Waals surface area contributed by atoms with Crippen LogP contribution in [0.4, 0.5) is 5.82 Å². The van der Waals surface area contributed by atoms with Gasteiger partial charge >= 0.3 is 0 Å². The fraction of sp³-hybridized carbons (Fsp3) is 0.368. The van der Waals surface area contributed by atoms with Crippen LogP contribution in [0.15, 0.2) is 48.8 Å². The summed E-state index contributed by atoms with van der Waals surface area (Å²) in [6, 6.07) is 13.7. The van der Waals surface area contributed by atoms with E-state index >= 15 is 0 Å². The molecule has 3 unspecified atom stereocenters. The third-order valence-corrected chi connectivity index (χ3v) is 5.44. The van der Waals surface area contributed by atoms with Gasteiger partial charge in [-0.2, -0.15) is 5.10 Å². The summed E-state index contributed by atoms with van der Waals surface area (Å²) in [4.78, 5) is 4.76. The third kappa shape index (κ3) is 2.12. The molecule has 1 aliphatic carbocycles. The summed E-state index contributed by atoms with van der Waals surface area (Å²) in [5.41, 5.74) is 7.27. The van der Waals surface area contributed by atoms with E-state index in [1.54, 1.807) is 0 Å². The maximum atomic E-state index is 4.76. The van der Waals surface area contributed by atoms with E-state index in [1.165, 1.54) is 24.8 Å². The zero-order valence-corrected chi connectivity index (χ0v) is 13.8. The first-order valence-electron chi connectivity index (χ1n) is 8.72. The molecule has 1 N–H and O–H groups in total. The quantitative estimate of drug-likeness (QED) is 0.787. The number of fused-ring (bicyclic) bond motifs is 2. The fourth-order valence-corrected chi connectivity index (χ4v) is 4.37. The minimum absolute atomic E-state index is 0.326. The Morgan fingerprint density at radius 1 is 1.17 bits per heavy atom. The molecular formula is C19H21N5. The maximum Gasteiger partial charge on any atom is 0.143 e. The second-order valence-electron chi connectivity index (χ2n) is 6.94. The van der Waals surface area contributed by atoms with Gasteiger partial charge in [0, 0.05) is 30.0 Å². The normalized spacial score (nSPS) is 26.2. The highest BCUT2D eigenvalue weighted by molar-refractivity contribution is 5.51. The Morgan fingerprint density at radius 3 is 3.04 bits per heavy atom. The van der Waals surface area contributed by atoms with Gasteiger partial charge < -0.3 is 0 Å². The Balaban J connectivity index is 1.60. The van der Waals surface area contributed by atoms with Crippen molar-refractivity contribution in [1.82, 2.24) is 20.0 Å². The number of hydrogen-bond donors (Lipinski definition) is 1. The van der Waals surface area contributed by atoms with Gasteiger partial charge in [-0.05, 0) is 55.7 Å². The minimum Gasteiger partial charge on any atom is -0.284 e. The summed E-state index contributed by atoms with van der Waals surface area (Å²) >= 11 is 0. The van der Waals surface area contributed by atoms with Crippen molar-refractivity contribution in [2.45, 2.75) is 38.3 Å². The first-order chi connectivity index (χ1) is 11.8. The standard InChI is InChI=1S/C19H21N5/c1-13-4-2-7-18(21-13)24-19(16-5-3-6-17(16)22-24)14-9-11-23-15(12-14)8-10-20-23/h2,4,7-12,16-17,19,22H,3,5-6H2,1H3. The summed E-state index contributed by atoms with van der Waals surface area (Å²) in [7, 11) is 0. The van der Waals surface area contributed by atoms with Crippen LogP contribution in [0.1, 0.15) is 36.6 Å². The van der Waals surface area contributed by atoms with Crippen molar-refractivity contribution in [2.75, 3.05) is 5.01 Å². The van der Waals surface area contributed by atoms with Crippen molar-refractivity contribution < 1.29 is 0 Å². The van der Waals surface area contributed by atoms with Gasteiger partial charge in [0.15, 0.2) is 0 Å². The molecule has 3 aromatic heterocycles. The van der Waals surface area contributed by atoms with E-state index in [1.807, 2.05) is 23.7 Å². The van der Waals surface area contributed by atoms with Crippen molar-refractivity contribution in [3.63, 3.8) is 0 Å². The van der Waals surface area contributed by atoms with Gasteiger partial charge in [0.2, 0.25) is 0 Å². The number of aromatic nitrogens is 3. The minimum atomic E-state index is 0.326. The molecule has 0 amide bonds. The van der Waals surface area contributed by atoms with Crippen molar-refractivity contribution in [1.29, 1.82) is 0 Å². The molecule has 0 aromatic carbocycles. The Labute approximate surface area is 141 Å². The molecular weight excluding hydrogens is 298 g/mol. The molecule has 3 aromatic rings. The molecule has 2 aliphatic rings. The van der Waals surface area contributed by atoms with Crippen LogP contribution >= 0.6 is 0 Å². The number of pyridine rings is 2. The van der Waals surface area contributed by atoms with E-state index in [4.69, 9.17) is 4.98 Å². The fourth-order valence-electron chi connectivity index (χ4n) is 4.37. The number of nitrogens with zero attached hydrogens (tertiary/aromatic N) is 4. The van der Waals surface area contributed by atoms with Crippen molar-refractivity contribution >= 4 is 11.3 Å². The van der Waals surface area contributed by atoms with Crippen LogP contribution in [0.25, 0.3) is 5.52 Å². The SMILES string of the molecule is Cc1cccc(N2NC3CCCC3C2c2ccn3nccc3c2)n1. The van der Waals surface area contributed by atoms with Crippen LogP contribution in [0.3, 0.4) is 0 Å². The highest BCUT2D eigenvalue weighted by Crippen LogP contribution is 2.45. The highest BCUT2D eigenvalue weighted by atomic mass is 15.6. The average molecular weight is 319 g/mol. The summed E-state index contributed by atoms with van der Waals surface area (Å²) in [5.74, 6) is 1.65. The largest absolute Gasteiger partial charge is 0.284 e. The summed E-state index contributed by atoms with van der Waals surface area (Å²) in [6.07, 6.45) is 7.75. The Kier molecular flexibility index (Phi) is 3.10. The molecule has 24 heavy (non-hydrogen) atoms. The van der Waals surface area contributed by atoms with Crippen LogP contribution < -0.4 is 10.4 Å². The summed E-state index contributed by atoms with van der Waals surface area (Å²) in [5, 5.41) is 6.61. The molecule has 1 aliphatic heterocycles. The molecule has 5 rings (SSSR count). The number of rotatable bonds is 2. The predicted molar refractivity (Wildman–Crippen MR) is 93.7 cm³/mol. The van der Waals surface area contributed by atoms with Gasteiger partial charge in [-0.1, -0.05) is 12.5 Å². The second kappa shape index (κ2) is 5.31. The lowest BCUT2D eigenvalue weighted by atomic mass is 9.91. The van der Waals surface area contributed by atoms with E-state index in [-0.39, 0.29) is 0 Å². The van der Waals surface area contributed by atoms with Crippen molar-refractivity contribution in [3.8, 4) is 0 Å². The van der Waals surface area contributed by atoms with Crippen LogP contribution in [0, 0.1) is 12.8 Å². The van der Waals surface area contributed by atoms with E-state index in [0.29, 0.717) is 18.0 Å². The maximum absolute atomic E-state index is 4.76. The molecule has 2 fully saturated rings. The topological polar surface area (TPSA) is 45.5 Å². The van der Waals surface area contributed by atoms with Crippen LogP contribution in [0.2, 0.25) is 0 Å². The number of nitrogens with one attached hydrogen (secondary N) is 1. The second-order valence-corrected chi connectivity index (χ2v) is 6.94. The molecule has 5 nitrogen and oxygen atoms in total. The molecule has 0 radical (unpaired) electrons. The molecule has 1 saturated heterocycles. The van der Waals surface area contributed by atoms with Gasteiger partial charge in [-0.15, -0.1) is 0 Å². The zero-order valence-electron chi connectivity index (χ0n) is 13.8. The van der Waals surface area contributed by atoms with Gasteiger partial charge in [0.1, 0.15) is 5.82 Å². The zero-order chi connectivity index (χ0) is 16.1. The van der Waals surface area contributed by atoms with Crippen molar-refractivity contribution in [3.05, 3.63) is 60.0 Å². The van der Waals surface area contributed by atoms with Crippen LogP contribution in [0.5, 0.6) is 0 Å². The molecule has 122 valence electrons. The van der Waals surface area contributed by atoms with Gasteiger partial charge in [-0.3, -0.25) is 5.01 Å². The average Bonchev–Trinajstić information content (AvgIpc) is 3.29. The van der Waals surface area contributed by atoms with E-state index in [9.17, 15) is 0 Å². The molecule has 0 spiro atoms. The van der Waals surface area contributed by atoms with Crippen LogP contribution in [-0.4, -0.2) is 20.6 Å². The van der Waals surface area contributed by atoms with Gasteiger partial charge in [0.05, 0.1) is 11.6 Å². The lowest BCUT2D eigenvalue weighted by molar-refractivity contribution is 0.475. The Morgan fingerprint density at radius 2 is 2.12 bits per heavy atom. The number of anilines is 1. The van der Waals surface area contributed by atoms with Crippen LogP contribution in [-0.2, 0) is 0 Å².